The third-order valence-corrected chi connectivity index (χ3v) is 9.49. The predicted molar refractivity (Wildman–Crippen MR) is 117 cm³/mol. The van der Waals surface area contributed by atoms with Crippen LogP contribution in [-0.4, -0.2) is 47.1 Å². The maximum absolute atomic E-state index is 7.12. The summed E-state index contributed by atoms with van der Waals surface area (Å²) in [7, 11) is 0. The molecule has 0 aromatic heterocycles. The maximum Gasteiger partial charge on any atom is 0.353 e. The molecule has 30 heavy (non-hydrogen) atoms. The summed E-state index contributed by atoms with van der Waals surface area (Å²) < 4.78 is 31.8. The lowest BCUT2D eigenvalue weighted by atomic mass is 9.43. The monoisotopic (exact) mass is 438 g/mol. The van der Waals surface area contributed by atoms with Crippen molar-refractivity contribution in [3.63, 3.8) is 0 Å². The van der Waals surface area contributed by atoms with Gasteiger partial charge >= 0.3 is 5.24 Å². The van der Waals surface area contributed by atoms with Crippen LogP contribution in [0.1, 0.15) is 80.6 Å². The topological polar surface area (TPSA) is 46.2 Å². The first-order valence-corrected chi connectivity index (χ1v) is 12.1. The molecule has 2 aliphatic carbocycles. The molecule has 3 aliphatic heterocycles. The van der Waals surface area contributed by atoms with Crippen LogP contribution in [0.15, 0.2) is 0 Å². The quantitative estimate of drug-likeness (QED) is 0.537. The largest absolute Gasteiger partial charge is 0.449 e. The van der Waals surface area contributed by atoms with E-state index in [1.807, 2.05) is 13.8 Å². The van der Waals surface area contributed by atoms with Crippen molar-refractivity contribution in [1.29, 1.82) is 0 Å². The predicted octanol–water partition coefficient (Wildman–Crippen LogP) is 5.00. The highest BCUT2D eigenvalue weighted by Crippen LogP contribution is 2.67. The van der Waals surface area contributed by atoms with Gasteiger partial charge in [-0.1, -0.05) is 27.2 Å². The Morgan fingerprint density at radius 1 is 0.933 bits per heavy atom. The Kier molecular flexibility index (Phi) is 4.52. The third-order valence-electron chi connectivity index (χ3n) is 9.30. The van der Waals surface area contributed by atoms with Crippen LogP contribution in [0, 0.1) is 22.7 Å². The minimum Gasteiger partial charge on any atom is -0.449 e. The number of fused-ring (bicyclic) bond motifs is 6. The first kappa shape index (κ1) is 21.4. The van der Waals surface area contributed by atoms with E-state index >= 15 is 0 Å². The van der Waals surface area contributed by atoms with E-state index < -0.39 is 17.0 Å². The highest BCUT2D eigenvalue weighted by molar-refractivity contribution is 7.79. The summed E-state index contributed by atoms with van der Waals surface area (Å²) in [5, 5.41) is 0.285. The summed E-state index contributed by atoms with van der Waals surface area (Å²) in [6, 6.07) is 0. The third kappa shape index (κ3) is 2.85. The summed E-state index contributed by atoms with van der Waals surface area (Å²) in [6.45, 7) is 16.2. The molecule has 3 saturated heterocycles. The van der Waals surface area contributed by atoms with Gasteiger partial charge in [0.2, 0.25) is 0 Å². The molecule has 0 radical (unpaired) electrons. The zero-order chi connectivity index (χ0) is 21.7. The summed E-state index contributed by atoms with van der Waals surface area (Å²) in [5.74, 6) is 0.229. The first-order chi connectivity index (χ1) is 13.8. The highest BCUT2D eigenvalue weighted by atomic mass is 32.1. The molecule has 6 heteroatoms. The van der Waals surface area contributed by atoms with Gasteiger partial charge in [0.15, 0.2) is 11.9 Å². The van der Waals surface area contributed by atoms with Crippen LogP contribution < -0.4 is 0 Å². The Labute approximate surface area is 186 Å². The van der Waals surface area contributed by atoms with Gasteiger partial charge < -0.3 is 23.7 Å². The van der Waals surface area contributed by atoms with Gasteiger partial charge in [-0.25, -0.2) is 0 Å². The second-order valence-electron chi connectivity index (χ2n) is 12.2. The Hall–Kier alpha value is -0.430. The molecule has 0 spiro atoms. The lowest BCUT2D eigenvalue weighted by Gasteiger charge is -2.67. The van der Waals surface area contributed by atoms with Crippen LogP contribution in [0.2, 0.25) is 0 Å². The molecule has 0 N–H and O–H groups in total. The van der Waals surface area contributed by atoms with E-state index in [-0.39, 0.29) is 34.4 Å². The van der Waals surface area contributed by atoms with Crippen LogP contribution in [0.5, 0.6) is 0 Å². The van der Waals surface area contributed by atoms with Crippen LogP contribution >= 0.6 is 12.2 Å². The summed E-state index contributed by atoms with van der Waals surface area (Å²) in [6.07, 6.45) is 5.40. The van der Waals surface area contributed by atoms with Crippen molar-refractivity contribution in [2.75, 3.05) is 6.61 Å². The lowest BCUT2D eigenvalue weighted by Crippen LogP contribution is -2.73. The van der Waals surface area contributed by atoms with E-state index in [4.69, 9.17) is 35.9 Å². The van der Waals surface area contributed by atoms with Crippen molar-refractivity contribution in [2.24, 2.45) is 22.7 Å². The van der Waals surface area contributed by atoms with Crippen LogP contribution in [-0.2, 0) is 23.7 Å². The fourth-order valence-corrected chi connectivity index (χ4v) is 8.41. The SMILES string of the molecule is CC1(C)OC[C@H]([C@@]2(C)CC[C@@H]3[C@@]4(C)CCCC(C)(C)[C@H]4[C@@H]4OC(=S)O[C@@H]4[C@@]3(C)O2)O1. The smallest absolute Gasteiger partial charge is 0.353 e. The molecule has 0 bridgehead atoms. The number of hydrogen-bond acceptors (Lipinski definition) is 6. The van der Waals surface area contributed by atoms with Gasteiger partial charge in [-0.2, -0.15) is 0 Å². The Morgan fingerprint density at radius 3 is 2.33 bits per heavy atom. The molecule has 0 amide bonds. The van der Waals surface area contributed by atoms with E-state index in [0.29, 0.717) is 18.4 Å². The zero-order valence-electron chi connectivity index (χ0n) is 19.6. The highest BCUT2D eigenvalue weighted by Gasteiger charge is 2.72. The van der Waals surface area contributed by atoms with E-state index in [1.54, 1.807) is 0 Å². The van der Waals surface area contributed by atoms with Gasteiger partial charge in [-0.15, -0.1) is 0 Å². The molecule has 3 heterocycles. The van der Waals surface area contributed by atoms with Gasteiger partial charge in [0.05, 0.1) is 12.2 Å². The maximum atomic E-state index is 7.12. The zero-order valence-corrected chi connectivity index (χ0v) is 20.4. The summed E-state index contributed by atoms with van der Waals surface area (Å²) >= 11 is 5.43. The van der Waals surface area contributed by atoms with Crippen molar-refractivity contribution >= 4 is 17.5 Å². The summed E-state index contributed by atoms with van der Waals surface area (Å²) in [5.41, 5.74) is -0.583. The number of ether oxygens (including phenoxy) is 5. The average Bonchev–Trinajstić information content (AvgIpc) is 3.16. The van der Waals surface area contributed by atoms with E-state index in [9.17, 15) is 0 Å². The Balaban J connectivity index is 1.54. The standard InChI is InChI=1S/C24H38O5S/c1-20(2)10-8-11-22(5)14-9-12-23(6,15-13-25-21(3,4)28-15)29-24(14,7)18-16(17(20)22)26-19(30)27-18/h14-18H,8-13H2,1-7H3/t14-,15-,16+,17-,18+,22-,23-,24+/m1/s1. The fraction of sp³-hybridized carbons (Fsp3) is 0.958. The first-order valence-electron chi connectivity index (χ1n) is 11.7. The number of hydrogen-bond donors (Lipinski definition) is 0. The van der Waals surface area contributed by atoms with E-state index in [1.165, 1.54) is 19.3 Å². The molecule has 5 nitrogen and oxygen atoms in total. The molecule has 0 unspecified atom stereocenters. The van der Waals surface area contributed by atoms with Crippen molar-refractivity contribution < 1.29 is 23.7 Å². The van der Waals surface area contributed by atoms with Crippen molar-refractivity contribution in [3.05, 3.63) is 0 Å². The van der Waals surface area contributed by atoms with Crippen LogP contribution in [0.4, 0.5) is 0 Å². The van der Waals surface area contributed by atoms with Gasteiger partial charge in [0.25, 0.3) is 0 Å². The number of rotatable bonds is 1. The lowest BCUT2D eigenvalue weighted by molar-refractivity contribution is -0.324. The molecular formula is C24H38O5S. The molecule has 2 saturated carbocycles. The Morgan fingerprint density at radius 2 is 1.67 bits per heavy atom. The van der Waals surface area contributed by atoms with Gasteiger partial charge in [-0.3, -0.25) is 0 Å². The molecule has 170 valence electrons. The van der Waals surface area contributed by atoms with Crippen LogP contribution in [0.25, 0.3) is 0 Å². The molecule has 8 atom stereocenters. The molecule has 5 rings (SSSR count). The van der Waals surface area contributed by atoms with Crippen molar-refractivity contribution in [2.45, 2.75) is 116 Å². The minimum absolute atomic E-state index is 0.0569. The normalized spacial score (nSPS) is 53.8. The van der Waals surface area contributed by atoms with Gasteiger partial charge in [0.1, 0.15) is 17.8 Å². The van der Waals surface area contributed by atoms with E-state index in [0.717, 1.165) is 12.8 Å². The Bertz CT molecular complexity index is 752. The van der Waals surface area contributed by atoms with Crippen LogP contribution in [0.3, 0.4) is 0 Å². The molecule has 0 aromatic rings. The van der Waals surface area contributed by atoms with Crippen molar-refractivity contribution in [1.82, 2.24) is 0 Å². The molecule has 5 fully saturated rings. The number of thiocarbonyl (C=S) groups is 1. The molecule has 0 aromatic carbocycles. The van der Waals surface area contributed by atoms with Crippen molar-refractivity contribution in [3.8, 4) is 0 Å². The second-order valence-corrected chi connectivity index (χ2v) is 12.5. The second kappa shape index (κ2) is 6.33. The van der Waals surface area contributed by atoms with E-state index in [2.05, 4.69) is 34.6 Å². The van der Waals surface area contributed by atoms with Gasteiger partial charge in [-0.05, 0) is 70.1 Å². The summed E-state index contributed by atoms with van der Waals surface area (Å²) in [4.78, 5) is 0. The molecule has 5 aliphatic rings. The molecular weight excluding hydrogens is 400 g/mol. The fourth-order valence-electron chi connectivity index (χ4n) is 8.19. The minimum atomic E-state index is -0.567. The van der Waals surface area contributed by atoms with Gasteiger partial charge in [0, 0.05) is 18.1 Å². The average molecular weight is 439 g/mol.